The van der Waals surface area contributed by atoms with E-state index in [1.165, 1.54) is 21.9 Å². The van der Waals surface area contributed by atoms with Gasteiger partial charge in [-0.25, -0.2) is 25.8 Å². The molecule has 0 atom stereocenters. The second-order valence-corrected chi connectivity index (χ2v) is 14.2. The van der Waals surface area contributed by atoms with E-state index in [1.807, 2.05) is 23.3 Å². The Morgan fingerprint density at radius 1 is 0.935 bits per heavy atom. The Bertz CT molecular complexity index is 1960. The zero-order valence-corrected chi connectivity index (χ0v) is 27.6. The van der Waals surface area contributed by atoms with Crippen LogP contribution in [0.3, 0.4) is 0 Å². The molecule has 2 aliphatic heterocycles. The molecule has 3 N–H and O–H groups in total. The van der Waals surface area contributed by atoms with Crippen LogP contribution in [0.5, 0.6) is 5.75 Å². The minimum absolute atomic E-state index is 0.283. The Hall–Kier alpha value is -3.74. The zero-order valence-electron chi connectivity index (χ0n) is 26.0. The maximum absolute atomic E-state index is 6.65. The maximum Gasteiger partial charge on any atom is 0.202 e. The molecule has 2 saturated heterocycles. The van der Waals surface area contributed by atoms with Crippen LogP contribution in [-0.4, -0.2) is 63.7 Å². The van der Waals surface area contributed by atoms with Gasteiger partial charge in [-0.2, -0.15) is 0 Å². The van der Waals surface area contributed by atoms with Crippen molar-refractivity contribution in [3.8, 4) is 16.5 Å². The molecule has 0 unspecified atom stereocenters. The topological polar surface area (TPSA) is 105 Å². The molecule has 0 saturated carbocycles. The molecule has 2 aliphatic rings. The number of pyridine rings is 2. The number of piperidine rings is 2. The summed E-state index contributed by atoms with van der Waals surface area (Å²) in [6.45, 7) is 7.53. The highest BCUT2D eigenvalue weighted by atomic mass is 32.1. The summed E-state index contributed by atoms with van der Waals surface area (Å²) in [6, 6.07) is 19.4. The second-order valence-electron chi connectivity index (χ2n) is 12.2. The smallest absolute Gasteiger partial charge is 0.202 e. The normalized spacial score (nSPS) is 16.9. The summed E-state index contributed by atoms with van der Waals surface area (Å²) in [5.74, 6) is 7.99. The Labute approximate surface area is 276 Å². The van der Waals surface area contributed by atoms with Gasteiger partial charge in [0.05, 0.1) is 6.61 Å². The lowest BCUT2D eigenvalue weighted by Gasteiger charge is -2.33. The summed E-state index contributed by atoms with van der Waals surface area (Å²) in [5.41, 5.74) is 5.30. The zero-order chi connectivity index (χ0) is 31.0. The monoisotopic (exact) mass is 650 g/mol. The van der Waals surface area contributed by atoms with E-state index in [4.69, 9.17) is 25.5 Å². The number of benzene rings is 2. The van der Waals surface area contributed by atoms with Crippen molar-refractivity contribution < 1.29 is 4.74 Å². The number of rotatable bonds is 8. The molecule has 11 heteroatoms. The van der Waals surface area contributed by atoms with Crippen LogP contribution >= 0.6 is 22.7 Å². The van der Waals surface area contributed by atoms with E-state index in [2.05, 4.69) is 64.6 Å². The standard InChI is InChI=1S/C35H38N8OS2/c1-2-44-30-10-9-22-6-3-4-7-25(22)27(30)21-42-18-13-23(14-19-42)26-20-29-33(46-35(40-29)43(36)24-11-16-37-17-12-24)41-31(26)34-39-28-8-5-15-38-32(28)45-34/h3-10,15,20,23-24,37H,2,11-14,16-19,21,36H2,1H3. The van der Waals surface area contributed by atoms with Crippen LogP contribution in [0.4, 0.5) is 5.13 Å². The van der Waals surface area contributed by atoms with Crippen LogP contribution in [0.1, 0.15) is 49.7 Å². The van der Waals surface area contributed by atoms with Crippen LogP contribution in [0.25, 0.3) is 42.2 Å². The molecule has 2 fully saturated rings. The number of ether oxygens (including phenoxy) is 1. The van der Waals surface area contributed by atoms with Crippen LogP contribution in [-0.2, 0) is 6.54 Å². The summed E-state index contributed by atoms with van der Waals surface area (Å²) in [4.78, 5) is 24.3. The fraction of sp³-hybridized carbons (Fsp3) is 0.371. The van der Waals surface area contributed by atoms with E-state index in [9.17, 15) is 0 Å². The second kappa shape index (κ2) is 12.8. The predicted octanol–water partition coefficient (Wildman–Crippen LogP) is 6.73. The molecule has 0 aliphatic carbocycles. The molecular weight excluding hydrogens is 613 g/mol. The van der Waals surface area contributed by atoms with Gasteiger partial charge >= 0.3 is 0 Å². The van der Waals surface area contributed by atoms with Gasteiger partial charge in [-0.3, -0.25) is 9.91 Å². The molecule has 9 nitrogen and oxygen atoms in total. The Morgan fingerprint density at radius 2 is 1.78 bits per heavy atom. The average Bonchev–Trinajstić information content (AvgIpc) is 3.73. The summed E-state index contributed by atoms with van der Waals surface area (Å²) in [7, 11) is 0. The number of anilines is 1. The van der Waals surface area contributed by atoms with E-state index in [1.54, 1.807) is 22.7 Å². The number of hydrogen-bond donors (Lipinski definition) is 2. The fourth-order valence-electron chi connectivity index (χ4n) is 6.97. The first kappa shape index (κ1) is 29.6. The van der Waals surface area contributed by atoms with Gasteiger partial charge in [-0.15, -0.1) is 0 Å². The van der Waals surface area contributed by atoms with Crippen molar-refractivity contribution in [1.29, 1.82) is 0 Å². The first-order valence-corrected chi connectivity index (χ1v) is 17.9. The van der Waals surface area contributed by atoms with Gasteiger partial charge in [-0.1, -0.05) is 53.0 Å². The quantitative estimate of drug-likeness (QED) is 0.137. The number of nitrogens with two attached hydrogens (primary N) is 1. The van der Waals surface area contributed by atoms with Crippen LogP contribution in [0, 0.1) is 0 Å². The highest BCUT2D eigenvalue weighted by Gasteiger charge is 2.28. The van der Waals surface area contributed by atoms with E-state index < -0.39 is 0 Å². The molecule has 4 aromatic heterocycles. The molecule has 6 aromatic rings. The number of aromatic nitrogens is 4. The van der Waals surface area contributed by atoms with Crippen molar-refractivity contribution in [2.75, 3.05) is 37.8 Å². The van der Waals surface area contributed by atoms with Crippen molar-refractivity contribution in [3.63, 3.8) is 0 Å². The highest BCUT2D eigenvalue weighted by molar-refractivity contribution is 7.22. The van der Waals surface area contributed by atoms with Crippen molar-refractivity contribution in [2.45, 2.75) is 51.1 Å². The molecule has 8 rings (SSSR count). The summed E-state index contributed by atoms with van der Waals surface area (Å²) in [5, 5.41) is 9.58. The molecule has 6 heterocycles. The van der Waals surface area contributed by atoms with Gasteiger partial charge in [0.25, 0.3) is 0 Å². The largest absolute Gasteiger partial charge is 0.494 e. The molecule has 0 radical (unpaired) electrons. The SMILES string of the molecule is CCOc1ccc2ccccc2c1CN1CCC(c2cc3nc(N(N)C4CCNCC4)sc3nc2-c2nc3cccnc3s2)CC1. The van der Waals surface area contributed by atoms with E-state index >= 15 is 0 Å². The van der Waals surface area contributed by atoms with Gasteiger partial charge in [0.15, 0.2) is 0 Å². The molecule has 0 bridgehead atoms. The van der Waals surface area contributed by atoms with Gasteiger partial charge < -0.3 is 10.1 Å². The van der Waals surface area contributed by atoms with Crippen LogP contribution < -0.4 is 20.9 Å². The van der Waals surface area contributed by atoms with E-state index in [-0.39, 0.29) is 6.04 Å². The number of hydrazine groups is 1. The minimum Gasteiger partial charge on any atom is -0.494 e. The molecule has 0 amide bonds. The molecular formula is C35H38N8OS2. The van der Waals surface area contributed by atoms with Crippen molar-refractivity contribution in [3.05, 3.63) is 71.9 Å². The van der Waals surface area contributed by atoms with E-state index in [0.29, 0.717) is 12.5 Å². The van der Waals surface area contributed by atoms with E-state index in [0.717, 1.165) is 101 Å². The van der Waals surface area contributed by atoms with Crippen molar-refractivity contribution in [2.24, 2.45) is 5.84 Å². The third-order valence-electron chi connectivity index (χ3n) is 9.40. The number of likely N-dealkylation sites (tertiary alicyclic amines) is 1. The Balaban J connectivity index is 1.10. The highest BCUT2D eigenvalue weighted by Crippen LogP contribution is 2.41. The van der Waals surface area contributed by atoms with Gasteiger partial charge in [-0.05, 0) is 105 Å². The van der Waals surface area contributed by atoms with Crippen LogP contribution in [0.2, 0.25) is 0 Å². The Morgan fingerprint density at radius 3 is 2.61 bits per heavy atom. The number of fused-ring (bicyclic) bond motifs is 3. The fourth-order valence-corrected chi connectivity index (χ4v) is 8.81. The summed E-state index contributed by atoms with van der Waals surface area (Å²) in [6.07, 6.45) is 5.92. The third-order valence-corrected chi connectivity index (χ3v) is 11.4. The van der Waals surface area contributed by atoms with Crippen molar-refractivity contribution >= 4 is 59.3 Å². The van der Waals surface area contributed by atoms with Crippen molar-refractivity contribution in [1.82, 2.24) is 30.2 Å². The summed E-state index contributed by atoms with van der Waals surface area (Å²) < 4.78 is 6.10. The van der Waals surface area contributed by atoms with Gasteiger partial charge in [0.2, 0.25) is 5.13 Å². The van der Waals surface area contributed by atoms with Crippen LogP contribution in [0.15, 0.2) is 60.8 Å². The number of hydrogen-bond acceptors (Lipinski definition) is 11. The third kappa shape index (κ3) is 5.71. The lowest BCUT2D eigenvalue weighted by Crippen LogP contribution is -2.47. The van der Waals surface area contributed by atoms with Gasteiger partial charge in [0, 0.05) is 24.3 Å². The number of nitrogens with zero attached hydrogens (tertiary/aromatic N) is 6. The van der Waals surface area contributed by atoms with Gasteiger partial charge in [0.1, 0.15) is 37.1 Å². The summed E-state index contributed by atoms with van der Waals surface area (Å²) >= 11 is 3.19. The number of thiazole rings is 2. The maximum atomic E-state index is 6.65. The first-order chi connectivity index (χ1) is 22.6. The molecule has 2 aromatic carbocycles. The molecule has 236 valence electrons. The molecule has 0 spiro atoms. The lowest BCUT2D eigenvalue weighted by atomic mass is 9.88. The molecule has 46 heavy (non-hydrogen) atoms. The first-order valence-electron chi connectivity index (χ1n) is 16.3. The average molecular weight is 651 g/mol. The Kier molecular flexibility index (Phi) is 8.26. The minimum atomic E-state index is 0.283. The number of nitrogens with one attached hydrogen (secondary N) is 1. The predicted molar refractivity (Wildman–Crippen MR) is 189 cm³/mol. The lowest BCUT2D eigenvalue weighted by molar-refractivity contribution is 0.202.